The van der Waals surface area contributed by atoms with Crippen molar-refractivity contribution in [2.75, 3.05) is 23.7 Å². The van der Waals surface area contributed by atoms with Crippen LogP contribution in [0.5, 0.6) is 0 Å². The van der Waals surface area contributed by atoms with Gasteiger partial charge in [0.25, 0.3) is 0 Å². The summed E-state index contributed by atoms with van der Waals surface area (Å²) in [6.45, 7) is 11.3. The molecule has 0 aliphatic carbocycles. The molecule has 2 unspecified atom stereocenters. The molecule has 4 N–H and O–H groups in total. The number of nitrogens with one attached hydrogen (secondary N) is 2. The number of hydrogen-bond acceptors (Lipinski definition) is 6. The number of nitrogens with zero attached hydrogens (tertiary/aromatic N) is 2. The summed E-state index contributed by atoms with van der Waals surface area (Å²) in [5, 5.41) is 26.0. The van der Waals surface area contributed by atoms with Crippen molar-refractivity contribution >= 4 is 11.8 Å². The van der Waals surface area contributed by atoms with E-state index in [2.05, 4.69) is 20.6 Å². The van der Waals surface area contributed by atoms with Crippen LogP contribution in [0.15, 0.2) is 6.20 Å². The standard InChI is InChI=1S/C17H32N4O2/c1-11(2)14(22)6-8-18-16-13(5)10-20-17(21-16)19-9-7-15(23)12(3)4/h10-12,14-15,22-23H,6-9H2,1-5H3,(H2,18,19,20,21). The summed E-state index contributed by atoms with van der Waals surface area (Å²) < 4.78 is 0. The molecule has 1 heterocycles. The van der Waals surface area contributed by atoms with Crippen LogP contribution in [-0.4, -0.2) is 45.5 Å². The maximum atomic E-state index is 9.83. The number of aliphatic hydroxyl groups is 2. The summed E-state index contributed by atoms with van der Waals surface area (Å²) in [7, 11) is 0. The molecule has 6 nitrogen and oxygen atoms in total. The fourth-order valence-corrected chi connectivity index (χ4v) is 2.04. The lowest BCUT2D eigenvalue weighted by Crippen LogP contribution is -2.20. The zero-order chi connectivity index (χ0) is 17.4. The molecule has 0 saturated heterocycles. The van der Waals surface area contributed by atoms with E-state index in [1.165, 1.54) is 0 Å². The van der Waals surface area contributed by atoms with Crippen molar-refractivity contribution in [1.29, 1.82) is 0 Å². The molecular formula is C17H32N4O2. The first-order chi connectivity index (χ1) is 10.8. The zero-order valence-electron chi connectivity index (χ0n) is 15.0. The molecule has 0 aromatic carbocycles. The SMILES string of the molecule is Cc1cnc(NCCC(O)C(C)C)nc1NCCC(O)C(C)C. The Balaban J connectivity index is 2.48. The molecule has 1 aromatic heterocycles. The van der Waals surface area contributed by atoms with E-state index in [-0.39, 0.29) is 24.0 Å². The van der Waals surface area contributed by atoms with Gasteiger partial charge in [-0.25, -0.2) is 4.98 Å². The van der Waals surface area contributed by atoms with Gasteiger partial charge < -0.3 is 20.8 Å². The molecule has 0 saturated carbocycles. The third-order valence-electron chi connectivity index (χ3n) is 3.97. The summed E-state index contributed by atoms with van der Waals surface area (Å²) >= 11 is 0. The van der Waals surface area contributed by atoms with E-state index in [9.17, 15) is 10.2 Å². The third-order valence-corrected chi connectivity index (χ3v) is 3.97. The molecule has 1 rings (SSSR count). The minimum atomic E-state index is -0.317. The highest BCUT2D eigenvalue weighted by Crippen LogP contribution is 2.14. The molecule has 6 heteroatoms. The molecule has 0 aliphatic heterocycles. The maximum absolute atomic E-state index is 9.83. The summed E-state index contributed by atoms with van der Waals surface area (Å²) in [6, 6.07) is 0. The topological polar surface area (TPSA) is 90.3 Å². The first-order valence-corrected chi connectivity index (χ1v) is 8.48. The molecule has 0 aliphatic rings. The predicted octanol–water partition coefficient (Wildman–Crippen LogP) is 2.42. The van der Waals surface area contributed by atoms with Gasteiger partial charge in [0.1, 0.15) is 5.82 Å². The first kappa shape index (κ1) is 19.6. The van der Waals surface area contributed by atoms with E-state index in [1.54, 1.807) is 6.20 Å². The molecule has 0 amide bonds. The summed E-state index contributed by atoms with van der Waals surface area (Å²) in [5.41, 5.74) is 0.969. The van der Waals surface area contributed by atoms with Crippen LogP contribution in [0.2, 0.25) is 0 Å². The number of rotatable bonds is 10. The van der Waals surface area contributed by atoms with Gasteiger partial charge in [0.2, 0.25) is 5.95 Å². The van der Waals surface area contributed by atoms with E-state index in [1.807, 2.05) is 34.6 Å². The Labute approximate surface area is 139 Å². The molecule has 0 bridgehead atoms. The Morgan fingerprint density at radius 1 is 0.957 bits per heavy atom. The van der Waals surface area contributed by atoms with Gasteiger partial charge in [-0.2, -0.15) is 4.98 Å². The van der Waals surface area contributed by atoms with E-state index >= 15 is 0 Å². The van der Waals surface area contributed by atoms with Crippen LogP contribution >= 0.6 is 0 Å². The van der Waals surface area contributed by atoms with Gasteiger partial charge in [0, 0.05) is 24.8 Å². The molecule has 0 radical (unpaired) electrons. The summed E-state index contributed by atoms with van der Waals surface area (Å²) in [4.78, 5) is 8.72. The van der Waals surface area contributed by atoms with Crippen LogP contribution in [0, 0.1) is 18.8 Å². The zero-order valence-corrected chi connectivity index (χ0v) is 15.0. The van der Waals surface area contributed by atoms with Gasteiger partial charge in [-0.3, -0.25) is 0 Å². The highest BCUT2D eigenvalue weighted by Gasteiger charge is 2.11. The minimum absolute atomic E-state index is 0.250. The number of aliphatic hydroxyl groups excluding tert-OH is 2. The van der Waals surface area contributed by atoms with Gasteiger partial charge in [0.15, 0.2) is 0 Å². The fraction of sp³-hybridized carbons (Fsp3) is 0.765. The van der Waals surface area contributed by atoms with Crippen LogP contribution in [0.25, 0.3) is 0 Å². The lowest BCUT2D eigenvalue weighted by Gasteiger charge is -2.16. The smallest absolute Gasteiger partial charge is 0.224 e. The van der Waals surface area contributed by atoms with Crippen molar-refractivity contribution in [3.63, 3.8) is 0 Å². The van der Waals surface area contributed by atoms with Crippen LogP contribution in [0.1, 0.15) is 46.1 Å². The molecule has 2 atom stereocenters. The second kappa shape index (κ2) is 9.67. The minimum Gasteiger partial charge on any atom is -0.393 e. The van der Waals surface area contributed by atoms with Crippen molar-refractivity contribution < 1.29 is 10.2 Å². The van der Waals surface area contributed by atoms with Crippen LogP contribution < -0.4 is 10.6 Å². The van der Waals surface area contributed by atoms with Crippen molar-refractivity contribution in [3.8, 4) is 0 Å². The van der Waals surface area contributed by atoms with Gasteiger partial charge in [-0.1, -0.05) is 27.7 Å². The van der Waals surface area contributed by atoms with Crippen LogP contribution in [0.4, 0.5) is 11.8 Å². The average molecular weight is 324 g/mol. The highest BCUT2D eigenvalue weighted by atomic mass is 16.3. The normalized spacial score (nSPS) is 14.1. The van der Waals surface area contributed by atoms with E-state index < -0.39 is 0 Å². The molecule has 132 valence electrons. The second-order valence-electron chi connectivity index (χ2n) is 6.78. The highest BCUT2D eigenvalue weighted by molar-refractivity contribution is 5.46. The molecular weight excluding hydrogens is 292 g/mol. The summed E-state index contributed by atoms with van der Waals surface area (Å²) in [5.74, 6) is 1.84. The van der Waals surface area contributed by atoms with E-state index in [0.717, 1.165) is 11.4 Å². The average Bonchev–Trinajstić information content (AvgIpc) is 2.49. The van der Waals surface area contributed by atoms with E-state index in [4.69, 9.17) is 0 Å². The predicted molar refractivity (Wildman–Crippen MR) is 94.7 cm³/mol. The molecule has 0 fully saturated rings. The second-order valence-corrected chi connectivity index (χ2v) is 6.78. The number of aryl methyl sites for hydroxylation is 1. The Morgan fingerprint density at radius 2 is 1.48 bits per heavy atom. The third kappa shape index (κ3) is 7.14. The van der Waals surface area contributed by atoms with Gasteiger partial charge >= 0.3 is 0 Å². The molecule has 1 aromatic rings. The quantitative estimate of drug-likeness (QED) is 0.528. The number of aromatic nitrogens is 2. The van der Waals surface area contributed by atoms with Crippen molar-refractivity contribution in [1.82, 2.24) is 9.97 Å². The van der Waals surface area contributed by atoms with Crippen molar-refractivity contribution in [3.05, 3.63) is 11.8 Å². The Bertz CT molecular complexity index is 466. The van der Waals surface area contributed by atoms with Crippen LogP contribution in [-0.2, 0) is 0 Å². The number of anilines is 2. The Hall–Kier alpha value is -1.40. The van der Waals surface area contributed by atoms with Gasteiger partial charge in [-0.15, -0.1) is 0 Å². The van der Waals surface area contributed by atoms with E-state index in [0.29, 0.717) is 31.9 Å². The fourth-order valence-electron chi connectivity index (χ4n) is 2.04. The van der Waals surface area contributed by atoms with Crippen molar-refractivity contribution in [2.24, 2.45) is 11.8 Å². The number of hydrogen-bond donors (Lipinski definition) is 4. The van der Waals surface area contributed by atoms with Crippen LogP contribution in [0.3, 0.4) is 0 Å². The lowest BCUT2D eigenvalue weighted by molar-refractivity contribution is 0.120. The Kier molecular flexibility index (Phi) is 8.26. The maximum Gasteiger partial charge on any atom is 0.224 e. The largest absolute Gasteiger partial charge is 0.393 e. The Morgan fingerprint density at radius 3 is 2.00 bits per heavy atom. The van der Waals surface area contributed by atoms with Crippen molar-refractivity contribution in [2.45, 2.75) is 59.7 Å². The summed E-state index contributed by atoms with van der Waals surface area (Å²) in [6.07, 6.45) is 2.50. The van der Waals surface area contributed by atoms with Gasteiger partial charge in [0.05, 0.1) is 12.2 Å². The monoisotopic (exact) mass is 324 g/mol. The molecule has 23 heavy (non-hydrogen) atoms. The lowest BCUT2D eigenvalue weighted by atomic mass is 10.0. The van der Waals surface area contributed by atoms with Gasteiger partial charge in [-0.05, 0) is 31.6 Å². The first-order valence-electron chi connectivity index (χ1n) is 8.48. The molecule has 0 spiro atoms.